The highest BCUT2D eigenvalue weighted by atomic mass is 16.5. The molecular weight excluding hydrogens is 264 g/mol. The molecule has 1 aromatic carbocycles. The average Bonchev–Trinajstić information content (AvgIpc) is 2.45. The molecule has 1 fully saturated rings. The Balaban J connectivity index is 2.38. The molecule has 0 aromatic heterocycles. The Morgan fingerprint density at radius 3 is 2.86 bits per heavy atom. The number of hydrogen-bond donors (Lipinski definition) is 2. The molecule has 0 amide bonds. The van der Waals surface area contributed by atoms with Gasteiger partial charge >= 0.3 is 0 Å². The first-order valence-corrected chi connectivity index (χ1v) is 7.86. The highest BCUT2D eigenvalue weighted by Crippen LogP contribution is 2.37. The van der Waals surface area contributed by atoms with Gasteiger partial charge in [-0.05, 0) is 45.4 Å². The van der Waals surface area contributed by atoms with Crippen LogP contribution in [0.15, 0.2) is 18.2 Å². The molecule has 1 aromatic rings. The Kier molecular flexibility index (Phi) is 5.12. The van der Waals surface area contributed by atoms with E-state index in [9.17, 15) is 5.11 Å². The molecule has 0 bridgehead atoms. The lowest BCUT2D eigenvalue weighted by molar-refractivity contribution is 0.0448. The van der Waals surface area contributed by atoms with Gasteiger partial charge in [0, 0.05) is 30.4 Å². The van der Waals surface area contributed by atoms with Crippen molar-refractivity contribution in [2.24, 2.45) is 0 Å². The van der Waals surface area contributed by atoms with E-state index in [1.807, 2.05) is 19.1 Å². The molecular formula is C17H28N2O2. The van der Waals surface area contributed by atoms with E-state index in [1.54, 1.807) is 7.11 Å². The first-order valence-electron chi connectivity index (χ1n) is 7.86. The third kappa shape index (κ3) is 3.69. The van der Waals surface area contributed by atoms with E-state index in [-0.39, 0.29) is 6.04 Å². The SMILES string of the molecule is CCNC(C)c1c(OC)cccc1N1CCCC(C)(O)C1. The molecule has 0 spiro atoms. The molecule has 1 aliphatic heterocycles. The Morgan fingerprint density at radius 1 is 1.48 bits per heavy atom. The largest absolute Gasteiger partial charge is 0.496 e. The van der Waals surface area contributed by atoms with Gasteiger partial charge in [-0.25, -0.2) is 0 Å². The third-order valence-corrected chi connectivity index (χ3v) is 4.22. The van der Waals surface area contributed by atoms with Crippen LogP contribution < -0.4 is 15.0 Å². The molecule has 4 heteroatoms. The molecule has 118 valence electrons. The number of benzene rings is 1. The number of methoxy groups -OCH3 is 1. The van der Waals surface area contributed by atoms with Crippen molar-refractivity contribution in [2.75, 3.05) is 31.6 Å². The maximum absolute atomic E-state index is 10.4. The van der Waals surface area contributed by atoms with E-state index in [4.69, 9.17) is 4.74 Å². The molecule has 0 aliphatic carbocycles. The summed E-state index contributed by atoms with van der Waals surface area (Å²) in [6.07, 6.45) is 1.88. The molecule has 4 nitrogen and oxygen atoms in total. The number of rotatable bonds is 5. The maximum Gasteiger partial charge on any atom is 0.125 e. The number of aliphatic hydroxyl groups is 1. The fourth-order valence-corrected chi connectivity index (χ4v) is 3.26. The lowest BCUT2D eigenvalue weighted by atomic mass is 9.93. The minimum atomic E-state index is -0.611. The van der Waals surface area contributed by atoms with E-state index >= 15 is 0 Å². The van der Waals surface area contributed by atoms with E-state index in [1.165, 1.54) is 11.3 Å². The fourth-order valence-electron chi connectivity index (χ4n) is 3.26. The van der Waals surface area contributed by atoms with Crippen LogP contribution in [0.5, 0.6) is 5.75 Å². The van der Waals surface area contributed by atoms with Crippen molar-refractivity contribution < 1.29 is 9.84 Å². The minimum Gasteiger partial charge on any atom is -0.496 e. The van der Waals surface area contributed by atoms with Crippen molar-refractivity contribution in [3.05, 3.63) is 23.8 Å². The van der Waals surface area contributed by atoms with Crippen molar-refractivity contribution >= 4 is 5.69 Å². The number of β-amino-alcohol motifs (C(OH)–C–C–N with tert-alkyl or cyclic N) is 1. The molecule has 1 heterocycles. The summed E-state index contributed by atoms with van der Waals surface area (Å²) in [5.41, 5.74) is 1.74. The van der Waals surface area contributed by atoms with Crippen molar-refractivity contribution in [1.29, 1.82) is 0 Å². The Hall–Kier alpha value is -1.26. The van der Waals surface area contributed by atoms with E-state index in [0.29, 0.717) is 6.54 Å². The summed E-state index contributed by atoms with van der Waals surface area (Å²) in [7, 11) is 1.72. The molecule has 0 saturated carbocycles. The van der Waals surface area contributed by atoms with Crippen molar-refractivity contribution in [2.45, 2.75) is 45.3 Å². The summed E-state index contributed by atoms with van der Waals surface area (Å²) < 4.78 is 5.57. The van der Waals surface area contributed by atoms with Crippen molar-refractivity contribution in [1.82, 2.24) is 5.32 Å². The lowest BCUT2D eigenvalue weighted by Crippen LogP contribution is -2.46. The van der Waals surface area contributed by atoms with Gasteiger partial charge in [-0.2, -0.15) is 0 Å². The summed E-state index contributed by atoms with van der Waals surface area (Å²) in [5, 5.41) is 13.8. The zero-order valence-electron chi connectivity index (χ0n) is 13.6. The van der Waals surface area contributed by atoms with Gasteiger partial charge in [0.15, 0.2) is 0 Å². The van der Waals surface area contributed by atoms with Gasteiger partial charge in [0.1, 0.15) is 5.75 Å². The summed E-state index contributed by atoms with van der Waals surface area (Å²) in [5.74, 6) is 0.908. The van der Waals surface area contributed by atoms with Gasteiger partial charge in [-0.3, -0.25) is 0 Å². The Labute approximate surface area is 128 Å². The van der Waals surface area contributed by atoms with Crippen molar-refractivity contribution in [3.63, 3.8) is 0 Å². The van der Waals surface area contributed by atoms with Crippen LogP contribution in [0.1, 0.15) is 45.2 Å². The van der Waals surface area contributed by atoms with Gasteiger partial charge in [0.2, 0.25) is 0 Å². The number of nitrogens with one attached hydrogen (secondary N) is 1. The van der Waals surface area contributed by atoms with Crippen LogP contribution in [-0.2, 0) is 0 Å². The zero-order valence-corrected chi connectivity index (χ0v) is 13.6. The van der Waals surface area contributed by atoms with E-state index < -0.39 is 5.60 Å². The molecule has 2 N–H and O–H groups in total. The molecule has 2 rings (SSSR count). The summed E-state index contributed by atoms with van der Waals surface area (Å²) in [6.45, 7) is 8.76. The van der Waals surface area contributed by atoms with Gasteiger partial charge in [0.05, 0.1) is 12.7 Å². The maximum atomic E-state index is 10.4. The molecule has 21 heavy (non-hydrogen) atoms. The normalized spacial score (nSPS) is 24.0. The standard InChI is InChI=1S/C17H28N2O2/c1-5-18-13(2)16-14(8-6-9-15(16)21-4)19-11-7-10-17(3,20)12-19/h6,8-9,13,18,20H,5,7,10-12H2,1-4H3. The molecule has 1 aliphatic rings. The molecule has 1 saturated heterocycles. The van der Waals surface area contributed by atoms with Gasteiger partial charge in [-0.1, -0.05) is 13.0 Å². The smallest absolute Gasteiger partial charge is 0.125 e. The van der Waals surface area contributed by atoms with Crippen LogP contribution in [0, 0.1) is 0 Å². The van der Waals surface area contributed by atoms with Crippen LogP contribution in [0.4, 0.5) is 5.69 Å². The van der Waals surface area contributed by atoms with Crippen LogP contribution in [0.25, 0.3) is 0 Å². The highest BCUT2D eigenvalue weighted by molar-refractivity contribution is 5.61. The van der Waals surface area contributed by atoms with Crippen LogP contribution in [0.2, 0.25) is 0 Å². The van der Waals surface area contributed by atoms with E-state index in [0.717, 1.165) is 31.7 Å². The highest BCUT2D eigenvalue weighted by Gasteiger charge is 2.30. The lowest BCUT2D eigenvalue weighted by Gasteiger charge is -2.40. The Bertz CT molecular complexity index is 474. The minimum absolute atomic E-state index is 0.216. The van der Waals surface area contributed by atoms with Gasteiger partial charge in [0.25, 0.3) is 0 Å². The number of ether oxygens (including phenoxy) is 1. The number of piperidine rings is 1. The van der Waals surface area contributed by atoms with Crippen molar-refractivity contribution in [3.8, 4) is 5.75 Å². The topological polar surface area (TPSA) is 44.7 Å². The molecule has 2 unspecified atom stereocenters. The first-order chi connectivity index (χ1) is 9.98. The van der Waals surface area contributed by atoms with E-state index in [2.05, 4.69) is 30.1 Å². The van der Waals surface area contributed by atoms with Crippen LogP contribution in [0.3, 0.4) is 0 Å². The molecule has 0 radical (unpaired) electrons. The second-order valence-corrected chi connectivity index (χ2v) is 6.19. The first kappa shape index (κ1) is 16.1. The van der Waals surface area contributed by atoms with Crippen LogP contribution >= 0.6 is 0 Å². The zero-order chi connectivity index (χ0) is 15.5. The van der Waals surface area contributed by atoms with Crippen LogP contribution in [-0.4, -0.2) is 37.5 Å². The summed E-state index contributed by atoms with van der Waals surface area (Å²) in [4.78, 5) is 2.29. The predicted octanol–water partition coefficient (Wildman–Crippen LogP) is 2.72. The van der Waals surface area contributed by atoms with Gasteiger partial charge in [-0.15, -0.1) is 0 Å². The fraction of sp³-hybridized carbons (Fsp3) is 0.647. The average molecular weight is 292 g/mol. The van der Waals surface area contributed by atoms with Gasteiger partial charge < -0.3 is 20.1 Å². The predicted molar refractivity (Wildman–Crippen MR) is 87.2 cm³/mol. The Morgan fingerprint density at radius 2 is 2.24 bits per heavy atom. The summed E-state index contributed by atoms with van der Waals surface area (Å²) in [6, 6.07) is 6.38. The number of anilines is 1. The second kappa shape index (κ2) is 6.67. The third-order valence-electron chi connectivity index (χ3n) is 4.22. The monoisotopic (exact) mass is 292 g/mol. The number of nitrogens with zero attached hydrogens (tertiary/aromatic N) is 1. The quantitative estimate of drug-likeness (QED) is 0.876. The number of hydrogen-bond acceptors (Lipinski definition) is 4. The second-order valence-electron chi connectivity index (χ2n) is 6.19. The molecule has 2 atom stereocenters. The summed E-state index contributed by atoms with van der Waals surface area (Å²) >= 11 is 0.